The molecule has 7 nitrogen and oxygen atoms in total. The minimum Gasteiger partial charge on any atom is -0.329 e. The van der Waals surface area contributed by atoms with Crippen molar-refractivity contribution in [3.8, 4) is 0 Å². The van der Waals surface area contributed by atoms with Crippen LogP contribution in [0.5, 0.6) is 0 Å². The average Bonchev–Trinajstić information content (AvgIpc) is 3.02. The van der Waals surface area contributed by atoms with E-state index in [-0.39, 0.29) is 22.0 Å². The summed E-state index contributed by atoms with van der Waals surface area (Å²) in [6, 6.07) is 7.66. The number of nitro benzene ring substituents is 1. The number of aryl methyl sites for hydroxylation is 1. The van der Waals surface area contributed by atoms with Crippen molar-refractivity contribution < 1.29 is 14.1 Å². The van der Waals surface area contributed by atoms with Crippen LogP contribution in [0.1, 0.15) is 10.4 Å². The average molecular weight is 407 g/mol. The molecule has 10 heteroatoms. The van der Waals surface area contributed by atoms with Gasteiger partial charge in [0.1, 0.15) is 10.8 Å². The Morgan fingerprint density at radius 2 is 2.11 bits per heavy atom. The molecule has 0 saturated heterocycles. The van der Waals surface area contributed by atoms with Crippen LogP contribution < -0.4 is 5.32 Å². The summed E-state index contributed by atoms with van der Waals surface area (Å²) in [4.78, 5) is 27.6. The van der Waals surface area contributed by atoms with Crippen molar-refractivity contribution in [2.45, 2.75) is 10.1 Å². The van der Waals surface area contributed by atoms with Crippen LogP contribution >= 0.6 is 23.4 Å². The number of nitrogens with one attached hydrogen (secondary N) is 1. The first kappa shape index (κ1) is 18.9. The number of imidazole rings is 1. The molecule has 2 aromatic carbocycles. The third kappa shape index (κ3) is 4.26. The number of anilines is 1. The van der Waals surface area contributed by atoms with Crippen LogP contribution in [0, 0.1) is 15.9 Å². The first-order valence-corrected chi connectivity index (χ1v) is 8.74. The van der Waals surface area contributed by atoms with Gasteiger partial charge in [0, 0.05) is 36.0 Å². The Bertz CT molecular complexity index is 1040. The highest BCUT2D eigenvalue weighted by Crippen LogP contribution is 2.33. The van der Waals surface area contributed by atoms with E-state index in [0.29, 0.717) is 10.1 Å². The number of nitro groups is 1. The number of amides is 1. The summed E-state index contributed by atoms with van der Waals surface area (Å²) in [5.74, 6) is -1.15. The van der Waals surface area contributed by atoms with E-state index >= 15 is 0 Å². The molecule has 27 heavy (non-hydrogen) atoms. The van der Waals surface area contributed by atoms with E-state index < -0.39 is 16.6 Å². The van der Waals surface area contributed by atoms with E-state index in [1.165, 1.54) is 42.1 Å². The van der Waals surface area contributed by atoms with Gasteiger partial charge in [-0.1, -0.05) is 11.6 Å². The minimum absolute atomic E-state index is 0.0308. The maximum absolute atomic E-state index is 13.7. The van der Waals surface area contributed by atoms with E-state index in [9.17, 15) is 19.3 Å². The lowest BCUT2D eigenvalue weighted by molar-refractivity contribution is -0.384. The number of aromatic nitrogens is 2. The zero-order valence-electron chi connectivity index (χ0n) is 13.8. The van der Waals surface area contributed by atoms with E-state index in [4.69, 9.17) is 11.6 Å². The van der Waals surface area contributed by atoms with Gasteiger partial charge in [-0.15, -0.1) is 0 Å². The fourth-order valence-corrected chi connectivity index (χ4v) is 3.28. The van der Waals surface area contributed by atoms with Crippen molar-refractivity contribution in [1.82, 2.24) is 9.55 Å². The predicted molar refractivity (Wildman–Crippen MR) is 99.8 cm³/mol. The molecule has 0 unspecified atom stereocenters. The third-order valence-electron chi connectivity index (χ3n) is 3.57. The number of hydrogen-bond acceptors (Lipinski definition) is 5. The number of nitrogens with zero attached hydrogens (tertiary/aromatic N) is 3. The molecular weight excluding hydrogens is 395 g/mol. The molecule has 3 rings (SSSR count). The van der Waals surface area contributed by atoms with Crippen LogP contribution in [-0.4, -0.2) is 20.4 Å². The Balaban J connectivity index is 1.90. The van der Waals surface area contributed by atoms with Gasteiger partial charge in [0.05, 0.1) is 10.6 Å². The normalized spacial score (nSPS) is 10.6. The molecule has 1 heterocycles. The van der Waals surface area contributed by atoms with E-state index in [1.54, 1.807) is 17.0 Å². The largest absolute Gasteiger partial charge is 0.329 e. The van der Waals surface area contributed by atoms with Gasteiger partial charge in [0.2, 0.25) is 0 Å². The SMILES string of the molecule is Cn1ccnc1Sc1ccc(F)cc1NC(=O)c1ccc(Cl)c([N+](=O)[O-])c1. The van der Waals surface area contributed by atoms with Crippen molar-refractivity contribution in [1.29, 1.82) is 0 Å². The van der Waals surface area contributed by atoms with Crippen LogP contribution in [-0.2, 0) is 7.05 Å². The lowest BCUT2D eigenvalue weighted by Crippen LogP contribution is -2.13. The Kier molecular flexibility index (Phi) is 5.43. The van der Waals surface area contributed by atoms with Crippen molar-refractivity contribution >= 4 is 40.6 Å². The monoisotopic (exact) mass is 406 g/mol. The molecule has 0 aliphatic rings. The molecule has 1 amide bonds. The zero-order chi connectivity index (χ0) is 19.6. The number of carbonyl (C=O) groups is 1. The summed E-state index contributed by atoms with van der Waals surface area (Å²) in [5.41, 5.74) is -0.125. The van der Waals surface area contributed by atoms with Crippen LogP contribution in [0.25, 0.3) is 0 Å². The van der Waals surface area contributed by atoms with Crippen LogP contribution in [0.3, 0.4) is 0 Å². The Morgan fingerprint density at radius 3 is 2.78 bits per heavy atom. The summed E-state index contributed by atoms with van der Waals surface area (Å²) >= 11 is 7.01. The first-order valence-electron chi connectivity index (χ1n) is 7.55. The van der Waals surface area contributed by atoms with Gasteiger partial charge in [-0.05, 0) is 42.1 Å². The molecule has 1 aromatic heterocycles. The van der Waals surface area contributed by atoms with Crippen molar-refractivity contribution in [3.63, 3.8) is 0 Å². The van der Waals surface area contributed by atoms with E-state index in [0.717, 1.165) is 6.07 Å². The molecule has 0 aliphatic heterocycles. The maximum Gasteiger partial charge on any atom is 0.288 e. The van der Waals surface area contributed by atoms with Gasteiger partial charge >= 0.3 is 0 Å². The number of rotatable bonds is 5. The molecule has 0 atom stereocenters. The molecule has 3 aromatic rings. The standard InChI is InChI=1S/C17H12ClFN4O3S/c1-22-7-6-20-17(22)27-15-5-3-11(19)9-13(15)21-16(24)10-2-4-12(18)14(8-10)23(25)26/h2-9H,1H3,(H,21,24). The molecule has 0 bridgehead atoms. The Labute approximate surface area is 162 Å². The van der Waals surface area contributed by atoms with Crippen molar-refractivity contribution in [2.24, 2.45) is 7.05 Å². The highest BCUT2D eigenvalue weighted by molar-refractivity contribution is 7.99. The lowest BCUT2D eigenvalue weighted by atomic mass is 10.2. The van der Waals surface area contributed by atoms with Gasteiger partial charge in [0.25, 0.3) is 11.6 Å². The number of hydrogen-bond donors (Lipinski definition) is 1. The highest BCUT2D eigenvalue weighted by Gasteiger charge is 2.18. The second-order valence-electron chi connectivity index (χ2n) is 5.44. The van der Waals surface area contributed by atoms with E-state index in [2.05, 4.69) is 10.3 Å². The number of halogens is 2. The minimum atomic E-state index is -0.677. The zero-order valence-corrected chi connectivity index (χ0v) is 15.4. The summed E-state index contributed by atoms with van der Waals surface area (Å²) < 4.78 is 15.5. The third-order valence-corrected chi connectivity index (χ3v) is 5.04. The summed E-state index contributed by atoms with van der Waals surface area (Å²) in [7, 11) is 1.81. The summed E-state index contributed by atoms with van der Waals surface area (Å²) in [6.07, 6.45) is 3.38. The number of benzene rings is 2. The van der Waals surface area contributed by atoms with Crippen molar-refractivity contribution in [3.05, 3.63) is 75.3 Å². The van der Waals surface area contributed by atoms with Crippen LogP contribution in [0.15, 0.2) is 58.8 Å². The second kappa shape index (κ2) is 7.77. The van der Waals surface area contributed by atoms with Crippen LogP contribution in [0.4, 0.5) is 15.8 Å². The second-order valence-corrected chi connectivity index (χ2v) is 6.86. The summed E-state index contributed by atoms with van der Waals surface area (Å²) in [5, 5.41) is 14.1. The first-order chi connectivity index (χ1) is 12.8. The molecule has 1 N–H and O–H groups in total. The maximum atomic E-state index is 13.7. The van der Waals surface area contributed by atoms with Crippen LogP contribution in [0.2, 0.25) is 5.02 Å². The molecule has 138 valence electrons. The van der Waals surface area contributed by atoms with E-state index in [1.807, 2.05) is 7.05 Å². The molecule has 0 aliphatic carbocycles. The fraction of sp³-hybridized carbons (Fsp3) is 0.0588. The molecule has 0 radical (unpaired) electrons. The predicted octanol–water partition coefficient (Wildman–Crippen LogP) is 4.52. The summed E-state index contributed by atoms with van der Waals surface area (Å²) in [6.45, 7) is 0. The van der Waals surface area contributed by atoms with Gasteiger partial charge in [0.15, 0.2) is 5.16 Å². The van der Waals surface area contributed by atoms with Gasteiger partial charge in [-0.3, -0.25) is 14.9 Å². The van der Waals surface area contributed by atoms with Gasteiger partial charge < -0.3 is 9.88 Å². The van der Waals surface area contributed by atoms with Crippen molar-refractivity contribution in [2.75, 3.05) is 5.32 Å². The highest BCUT2D eigenvalue weighted by atomic mass is 35.5. The molecular formula is C17H12ClFN4O3S. The van der Waals surface area contributed by atoms with Gasteiger partial charge in [-0.2, -0.15) is 0 Å². The Morgan fingerprint density at radius 1 is 1.33 bits per heavy atom. The topological polar surface area (TPSA) is 90.1 Å². The smallest absolute Gasteiger partial charge is 0.288 e. The number of carbonyl (C=O) groups excluding carboxylic acids is 1. The lowest BCUT2D eigenvalue weighted by Gasteiger charge is -2.11. The van der Waals surface area contributed by atoms with Gasteiger partial charge in [-0.25, -0.2) is 9.37 Å². The molecule has 0 fully saturated rings. The molecule has 0 saturated carbocycles. The fourth-order valence-electron chi connectivity index (χ4n) is 2.23. The Hall–Kier alpha value is -2.91. The quantitative estimate of drug-likeness (QED) is 0.496. The molecule has 0 spiro atoms.